The third kappa shape index (κ3) is 3.47. The van der Waals surface area contributed by atoms with Crippen LogP contribution in [0.4, 0.5) is 8.78 Å². The van der Waals surface area contributed by atoms with Gasteiger partial charge in [0.1, 0.15) is 11.6 Å². The fourth-order valence-corrected chi connectivity index (χ4v) is 4.92. The number of carbonyl (C=O) groups is 1. The minimum atomic E-state index is -0.826. The first-order valence-corrected chi connectivity index (χ1v) is 9.80. The van der Waals surface area contributed by atoms with E-state index in [4.69, 9.17) is 0 Å². The smallest absolute Gasteiger partial charge is 0.307 e. The van der Waals surface area contributed by atoms with E-state index in [0.717, 1.165) is 28.1 Å². The third-order valence-electron chi connectivity index (χ3n) is 5.23. The van der Waals surface area contributed by atoms with Crippen LogP contribution >= 0.6 is 11.3 Å². The van der Waals surface area contributed by atoms with E-state index in [9.17, 15) is 18.7 Å². The summed E-state index contributed by atoms with van der Waals surface area (Å²) >= 11 is 1.58. The number of hydrogen-bond acceptors (Lipinski definition) is 3. The summed E-state index contributed by atoms with van der Waals surface area (Å²) in [5, 5.41) is 12.5. The summed E-state index contributed by atoms with van der Waals surface area (Å²) in [6.45, 7) is 1.02. The van der Waals surface area contributed by atoms with Crippen LogP contribution < -0.4 is 0 Å². The molecule has 0 amide bonds. The first-order chi connectivity index (χ1) is 13.0. The van der Waals surface area contributed by atoms with Crippen molar-refractivity contribution in [3.05, 3.63) is 70.6 Å². The van der Waals surface area contributed by atoms with Crippen LogP contribution in [0.3, 0.4) is 0 Å². The average Bonchev–Trinajstić information content (AvgIpc) is 3.08. The standard InChI is InChI=1S/C21H19F2NO2S/c22-14-7-8-16(18(23)10-14)20(24-9-3-4-13(11-24)21(25)26)17-12-27-19-6-2-1-5-15(17)19/h1-2,5-8,10,12-13,20H,3-4,9,11H2,(H,25,26). The molecule has 0 saturated carbocycles. The van der Waals surface area contributed by atoms with Gasteiger partial charge in [0.05, 0.1) is 12.0 Å². The van der Waals surface area contributed by atoms with Gasteiger partial charge < -0.3 is 5.11 Å². The van der Waals surface area contributed by atoms with Crippen LogP contribution in [0.5, 0.6) is 0 Å². The predicted octanol–water partition coefficient (Wildman–Crippen LogP) is 5.07. The van der Waals surface area contributed by atoms with Gasteiger partial charge in [-0.2, -0.15) is 0 Å². The molecule has 1 aromatic heterocycles. The van der Waals surface area contributed by atoms with E-state index in [2.05, 4.69) is 0 Å². The van der Waals surface area contributed by atoms with E-state index in [1.54, 1.807) is 11.3 Å². The summed E-state index contributed by atoms with van der Waals surface area (Å²) in [5.41, 5.74) is 1.32. The summed E-state index contributed by atoms with van der Waals surface area (Å²) in [6, 6.07) is 11.1. The van der Waals surface area contributed by atoms with Gasteiger partial charge in [-0.3, -0.25) is 9.69 Å². The molecule has 0 bridgehead atoms. The molecular weight excluding hydrogens is 368 g/mol. The highest BCUT2D eigenvalue weighted by molar-refractivity contribution is 7.17. The molecule has 1 fully saturated rings. The van der Waals surface area contributed by atoms with E-state index in [1.807, 2.05) is 34.5 Å². The Bertz CT molecular complexity index is 987. The van der Waals surface area contributed by atoms with Crippen molar-refractivity contribution >= 4 is 27.4 Å². The number of rotatable bonds is 4. The van der Waals surface area contributed by atoms with Crippen molar-refractivity contribution in [2.75, 3.05) is 13.1 Å². The Labute approximate surface area is 159 Å². The minimum absolute atomic E-state index is 0.348. The molecule has 27 heavy (non-hydrogen) atoms. The molecule has 140 valence electrons. The Kier molecular flexibility index (Phi) is 4.93. The second-order valence-electron chi connectivity index (χ2n) is 6.93. The van der Waals surface area contributed by atoms with Crippen LogP contribution in [0.15, 0.2) is 47.8 Å². The van der Waals surface area contributed by atoms with E-state index in [0.29, 0.717) is 25.1 Å². The molecule has 1 aliphatic heterocycles. The number of aliphatic carboxylic acids is 1. The van der Waals surface area contributed by atoms with Gasteiger partial charge in [0.15, 0.2) is 0 Å². The van der Waals surface area contributed by atoms with E-state index < -0.39 is 29.6 Å². The number of fused-ring (bicyclic) bond motifs is 1. The van der Waals surface area contributed by atoms with Gasteiger partial charge in [0.25, 0.3) is 0 Å². The number of nitrogens with zero attached hydrogens (tertiary/aromatic N) is 1. The summed E-state index contributed by atoms with van der Waals surface area (Å²) in [5.74, 6) is -2.53. The molecule has 3 nitrogen and oxygen atoms in total. The minimum Gasteiger partial charge on any atom is -0.481 e. The molecule has 2 aromatic carbocycles. The second-order valence-corrected chi connectivity index (χ2v) is 7.84. The molecule has 4 rings (SSSR count). The molecule has 2 atom stereocenters. The van der Waals surface area contributed by atoms with E-state index in [1.165, 1.54) is 12.1 Å². The molecular formula is C21H19F2NO2S. The van der Waals surface area contributed by atoms with Gasteiger partial charge in [-0.15, -0.1) is 11.3 Å². The highest BCUT2D eigenvalue weighted by atomic mass is 32.1. The fraction of sp³-hybridized carbons (Fsp3) is 0.286. The predicted molar refractivity (Wildman–Crippen MR) is 102 cm³/mol. The lowest BCUT2D eigenvalue weighted by molar-refractivity contribution is -0.143. The lowest BCUT2D eigenvalue weighted by Gasteiger charge is -2.37. The topological polar surface area (TPSA) is 40.5 Å². The first kappa shape index (κ1) is 18.1. The summed E-state index contributed by atoms with van der Waals surface area (Å²) in [4.78, 5) is 13.5. The second kappa shape index (κ2) is 7.37. The van der Waals surface area contributed by atoms with E-state index in [-0.39, 0.29) is 0 Å². The quantitative estimate of drug-likeness (QED) is 0.680. The molecule has 6 heteroatoms. The molecule has 1 aliphatic rings. The highest BCUT2D eigenvalue weighted by Crippen LogP contribution is 2.39. The molecule has 3 aromatic rings. The molecule has 0 spiro atoms. The largest absolute Gasteiger partial charge is 0.481 e. The molecule has 2 unspecified atom stereocenters. The van der Waals surface area contributed by atoms with Crippen LogP contribution in [0.25, 0.3) is 10.1 Å². The third-order valence-corrected chi connectivity index (χ3v) is 6.21. The number of benzene rings is 2. The van der Waals surface area contributed by atoms with Gasteiger partial charge >= 0.3 is 5.97 Å². The monoisotopic (exact) mass is 387 g/mol. The average molecular weight is 387 g/mol. The number of likely N-dealkylation sites (tertiary alicyclic amines) is 1. The van der Waals surface area contributed by atoms with E-state index >= 15 is 0 Å². The lowest BCUT2D eigenvalue weighted by atomic mass is 9.91. The first-order valence-electron chi connectivity index (χ1n) is 8.92. The van der Waals surface area contributed by atoms with Gasteiger partial charge in [-0.05, 0) is 47.8 Å². The zero-order valence-corrected chi connectivity index (χ0v) is 15.4. The van der Waals surface area contributed by atoms with Crippen molar-refractivity contribution < 1.29 is 18.7 Å². The number of piperidine rings is 1. The number of carboxylic acid groups (broad SMARTS) is 1. The maximum absolute atomic E-state index is 14.7. The molecule has 0 aliphatic carbocycles. The molecule has 2 heterocycles. The number of carboxylic acids is 1. The molecule has 1 N–H and O–H groups in total. The van der Waals surface area contributed by atoms with Crippen LogP contribution in [0, 0.1) is 17.6 Å². The normalized spacial score (nSPS) is 19.3. The van der Waals surface area contributed by atoms with Crippen molar-refractivity contribution in [2.45, 2.75) is 18.9 Å². The summed E-state index contributed by atoms with van der Waals surface area (Å²) < 4.78 is 29.3. The number of thiophene rings is 1. The molecule has 1 saturated heterocycles. The van der Waals surface area contributed by atoms with Crippen molar-refractivity contribution in [3.63, 3.8) is 0 Å². The van der Waals surface area contributed by atoms with Gasteiger partial charge in [0, 0.05) is 22.9 Å². The summed E-state index contributed by atoms with van der Waals surface area (Å²) in [6.07, 6.45) is 1.35. The van der Waals surface area contributed by atoms with Crippen molar-refractivity contribution in [2.24, 2.45) is 5.92 Å². The van der Waals surface area contributed by atoms with Crippen LogP contribution in [-0.4, -0.2) is 29.1 Å². The van der Waals surface area contributed by atoms with Crippen molar-refractivity contribution in [1.82, 2.24) is 4.90 Å². The van der Waals surface area contributed by atoms with Gasteiger partial charge in [-0.1, -0.05) is 24.3 Å². The van der Waals surface area contributed by atoms with Gasteiger partial charge in [0.2, 0.25) is 0 Å². The Morgan fingerprint density at radius 2 is 2.00 bits per heavy atom. The van der Waals surface area contributed by atoms with Crippen molar-refractivity contribution in [1.29, 1.82) is 0 Å². The maximum Gasteiger partial charge on any atom is 0.307 e. The number of halogens is 2. The Morgan fingerprint density at radius 1 is 1.19 bits per heavy atom. The van der Waals surface area contributed by atoms with Crippen LogP contribution in [-0.2, 0) is 4.79 Å². The van der Waals surface area contributed by atoms with Crippen molar-refractivity contribution in [3.8, 4) is 0 Å². The highest BCUT2D eigenvalue weighted by Gasteiger charge is 2.33. The lowest BCUT2D eigenvalue weighted by Crippen LogP contribution is -2.41. The maximum atomic E-state index is 14.7. The molecule has 0 radical (unpaired) electrons. The Balaban J connectivity index is 1.83. The van der Waals surface area contributed by atoms with Crippen LogP contribution in [0.2, 0.25) is 0 Å². The van der Waals surface area contributed by atoms with Crippen LogP contribution in [0.1, 0.15) is 30.0 Å². The fourth-order valence-electron chi connectivity index (χ4n) is 3.94. The zero-order valence-electron chi connectivity index (χ0n) is 14.6. The number of hydrogen-bond donors (Lipinski definition) is 1. The Hall–Kier alpha value is -2.31. The zero-order chi connectivity index (χ0) is 19.0. The Morgan fingerprint density at radius 3 is 2.78 bits per heavy atom. The van der Waals surface area contributed by atoms with Gasteiger partial charge in [-0.25, -0.2) is 8.78 Å². The SMILES string of the molecule is O=C(O)C1CCCN(C(c2ccc(F)cc2F)c2csc3ccccc23)C1. The summed E-state index contributed by atoms with van der Waals surface area (Å²) in [7, 11) is 0.